The van der Waals surface area contributed by atoms with Crippen molar-refractivity contribution in [3.63, 3.8) is 0 Å². The van der Waals surface area contributed by atoms with Crippen molar-refractivity contribution in [2.45, 2.75) is 25.4 Å². The summed E-state index contributed by atoms with van der Waals surface area (Å²) in [4.78, 5) is 7.42. The molecule has 134 valence electrons. The minimum atomic E-state index is -0.140. The van der Waals surface area contributed by atoms with Gasteiger partial charge in [-0.1, -0.05) is 36.4 Å². The molecule has 27 heavy (non-hydrogen) atoms. The Balaban J connectivity index is 1.25. The molecule has 3 nitrogen and oxygen atoms in total. The first kappa shape index (κ1) is 16.2. The van der Waals surface area contributed by atoms with Gasteiger partial charge in [-0.2, -0.15) is 0 Å². The summed E-state index contributed by atoms with van der Waals surface area (Å²) in [5, 5.41) is 3.61. The Morgan fingerprint density at radius 3 is 2.63 bits per heavy atom. The van der Waals surface area contributed by atoms with Crippen molar-refractivity contribution in [1.82, 2.24) is 15.3 Å². The Kier molecular flexibility index (Phi) is 3.98. The molecule has 0 aliphatic heterocycles. The quantitative estimate of drug-likeness (QED) is 0.559. The number of hydrogen-bond donors (Lipinski definition) is 2. The summed E-state index contributed by atoms with van der Waals surface area (Å²) in [5.74, 6) is -0.140. The number of fused-ring (bicyclic) bond motifs is 2. The number of halogens is 1. The Morgan fingerprint density at radius 2 is 1.74 bits per heavy atom. The van der Waals surface area contributed by atoms with Crippen LogP contribution in [-0.2, 0) is 19.4 Å². The fourth-order valence-electron chi connectivity index (χ4n) is 3.92. The molecule has 1 aliphatic rings. The average molecular weight is 357 g/mol. The van der Waals surface area contributed by atoms with E-state index in [-0.39, 0.29) is 5.82 Å². The highest BCUT2D eigenvalue weighted by Crippen LogP contribution is 2.25. The molecule has 1 aromatic heterocycles. The molecule has 0 unspecified atom stereocenters. The Morgan fingerprint density at radius 1 is 0.926 bits per heavy atom. The maximum absolute atomic E-state index is 13.4. The van der Waals surface area contributed by atoms with Crippen LogP contribution in [0.4, 0.5) is 4.39 Å². The smallest absolute Gasteiger partial charge is 0.123 e. The van der Waals surface area contributed by atoms with Crippen molar-refractivity contribution < 1.29 is 4.39 Å². The van der Waals surface area contributed by atoms with E-state index in [0.717, 1.165) is 36.0 Å². The highest BCUT2D eigenvalue weighted by molar-refractivity contribution is 5.81. The molecule has 0 radical (unpaired) electrons. The van der Waals surface area contributed by atoms with E-state index in [4.69, 9.17) is 0 Å². The Labute approximate surface area is 157 Å². The highest BCUT2D eigenvalue weighted by Gasteiger charge is 2.21. The molecule has 2 N–H and O–H groups in total. The van der Waals surface area contributed by atoms with E-state index in [1.54, 1.807) is 18.5 Å². The van der Waals surface area contributed by atoms with Crippen molar-refractivity contribution in [2.24, 2.45) is 0 Å². The number of aromatic nitrogens is 2. The second-order valence-corrected chi connectivity index (χ2v) is 7.23. The van der Waals surface area contributed by atoms with Gasteiger partial charge < -0.3 is 10.3 Å². The van der Waals surface area contributed by atoms with Crippen molar-refractivity contribution in [1.29, 1.82) is 0 Å². The number of hydrogen-bond acceptors (Lipinski definition) is 2. The van der Waals surface area contributed by atoms with Gasteiger partial charge in [0.15, 0.2) is 0 Å². The van der Waals surface area contributed by atoms with E-state index in [2.05, 4.69) is 51.7 Å². The molecule has 5 rings (SSSR count). The van der Waals surface area contributed by atoms with E-state index in [1.165, 1.54) is 22.3 Å². The van der Waals surface area contributed by atoms with E-state index >= 15 is 0 Å². The van der Waals surface area contributed by atoms with Crippen molar-refractivity contribution in [3.8, 4) is 11.1 Å². The first-order valence-electron chi connectivity index (χ1n) is 9.28. The SMILES string of the molecule is Fc1ccc2c(c1)C[C@@H](NCc1ccc(-c3ccc4nc[nH]c4c3)cc1)C2. The Bertz CT molecular complexity index is 1100. The van der Waals surface area contributed by atoms with Crippen molar-refractivity contribution >= 4 is 11.0 Å². The molecule has 1 heterocycles. The van der Waals surface area contributed by atoms with Crippen molar-refractivity contribution in [2.75, 3.05) is 0 Å². The lowest BCUT2D eigenvalue weighted by molar-refractivity contribution is 0.532. The second-order valence-electron chi connectivity index (χ2n) is 7.23. The van der Waals surface area contributed by atoms with E-state index in [0.29, 0.717) is 6.04 Å². The number of rotatable bonds is 4. The fourth-order valence-corrected chi connectivity index (χ4v) is 3.92. The summed E-state index contributed by atoms with van der Waals surface area (Å²) in [5.41, 5.74) is 8.06. The van der Waals surface area contributed by atoms with Crippen LogP contribution in [-0.4, -0.2) is 16.0 Å². The number of benzene rings is 3. The van der Waals surface area contributed by atoms with Gasteiger partial charge in [0, 0.05) is 12.6 Å². The monoisotopic (exact) mass is 357 g/mol. The zero-order valence-corrected chi connectivity index (χ0v) is 14.9. The lowest BCUT2D eigenvalue weighted by atomic mass is 10.0. The standard InChI is InChI=1S/C23H20FN3/c24-20-7-5-17-10-21(11-19(17)9-20)25-13-15-1-3-16(4-2-15)18-6-8-22-23(12-18)27-14-26-22/h1-9,12,14,21,25H,10-11,13H2,(H,26,27)/t21-/m0/s1. The van der Waals surface area contributed by atoms with Crippen LogP contribution in [0, 0.1) is 5.82 Å². The number of nitrogens with one attached hydrogen (secondary N) is 2. The van der Waals surface area contributed by atoms with Crippen LogP contribution in [0.2, 0.25) is 0 Å². The predicted molar refractivity (Wildman–Crippen MR) is 106 cm³/mol. The van der Waals surface area contributed by atoms with Gasteiger partial charge in [-0.05, 0) is 64.9 Å². The largest absolute Gasteiger partial charge is 0.345 e. The third kappa shape index (κ3) is 3.24. The minimum Gasteiger partial charge on any atom is -0.345 e. The molecule has 0 spiro atoms. The van der Waals surface area contributed by atoms with Crippen LogP contribution < -0.4 is 5.32 Å². The Hall–Kier alpha value is -2.98. The number of imidazole rings is 1. The molecular weight excluding hydrogens is 337 g/mol. The summed E-state index contributed by atoms with van der Waals surface area (Å²) in [6.07, 6.45) is 3.59. The van der Waals surface area contributed by atoms with E-state index in [9.17, 15) is 4.39 Å². The van der Waals surface area contributed by atoms with Gasteiger partial charge in [-0.3, -0.25) is 0 Å². The summed E-state index contributed by atoms with van der Waals surface area (Å²) in [7, 11) is 0. The minimum absolute atomic E-state index is 0.140. The van der Waals surface area contributed by atoms with Crippen LogP contribution in [0.5, 0.6) is 0 Å². The molecule has 0 bridgehead atoms. The zero-order valence-electron chi connectivity index (χ0n) is 14.9. The maximum atomic E-state index is 13.4. The predicted octanol–water partition coefficient (Wildman–Crippen LogP) is 4.63. The van der Waals surface area contributed by atoms with Gasteiger partial charge in [0.05, 0.1) is 17.4 Å². The third-order valence-corrected chi connectivity index (χ3v) is 5.40. The van der Waals surface area contributed by atoms with Crippen LogP contribution in [0.1, 0.15) is 16.7 Å². The lowest BCUT2D eigenvalue weighted by Crippen LogP contribution is -2.28. The second kappa shape index (κ2) is 6.63. The molecule has 1 atom stereocenters. The first-order chi connectivity index (χ1) is 13.2. The molecule has 0 fully saturated rings. The van der Waals surface area contributed by atoms with Crippen molar-refractivity contribution in [3.05, 3.63) is 89.5 Å². The highest BCUT2D eigenvalue weighted by atomic mass is 19.1. The summed E-state index contributed by atoms with van der Waals surface area (Å²) in [6, 6.07) is 20.4. The van der Waals surface area contributed by atoms with E-state index < -0.39 is 0 Å². The van der Waals surface area contributed by atoms with Gasteiger partial charge in [-0.15, -0.1) is 0 Å². The topological polar surface area (TPSA) is 40.7 Å². The summed E-state index contributed by atoms with van der Waals surface area (Å²) >= 11 is 0. The molecule has 0 amide bonds. The average Bonchev–Trinajstić information content (AvgIpc) is 3.32. The van der Waals surface area contributed by atoms with Gasteiger partial charge >= 0.3 is 0 Å². The first-order valence-corrected chi connectivity index (χ1v) is 9.28. The number of nitrogens with zero attached hydrogens (tertiary/aromatic N) is 1. The third-order valence-electron chi connectivity index (χ3n) is 5.40. The molecule has 4 aromatic rings. The van der Waals surface area contributed by atoms with Gasteiger partial charge in [0.1, 0.15) is 5.82 Å². The summed E-state index contributed by atoms with van der Waals surface area (Å²) < 4.78 is 13.4. The van der Waals surface area contributed by atoms with Gasteiger partial charge in [0.25, 0.3) is 0 Å². The molecule has 4 heteroatoms. The van der Waals surface area contributed by atoms with E-state index in [1.807, 2.05) is 12.1 Å². The molecular formula is C23H20FN3. The van der Waals surface area contributed by atoms with Gasteiger partial charge in [-0.25, -0.2) is 9.37 Å². The van der Waals surface area contributed by atoms with Crippen LogP contribution in [0.25, 0.3) is 22.2 Å². The molecule has 0 saturated heterocycles. The maximum Gasteiger partial charge on any atom is 0.123 e. The lowest BCUT2D eigenvalue weighted by Gasteiger charge is -2.12. The normalized spacial score (nSPS) is 16.0. The molecule has 1 aliphatic carbocycles. The number of H-pyrrole nitrogens is 1. The van der Waals surface area contributed by atoms with Crippen LogP contribution in [0.3, 0.4) is 0 Å². The van der Waals surface area contributed by atoms with Crippen LogP contribution in [0.15, 0.2) is 67.0 Å². The van der Waals surface area contributed by atoms with Crippen LogP contribution >= 0.6 is 0 Å². The summed E-state index contributed by atoms with van der Waals surface area (Å²) in [6.45, 7) is 0.820. The molecule has 0 saturated carbocycles. The fraction of sp³-hybridized carbons (Fsp3) is 0.174. The van der Waals surface area contributed by atoms with Gasteiger partial charge in [0.2, 0.25) is 0 Å². The number of aromatic amines is 1. The molecule has 3 aromatic carbocycles. The zero-order chi connectivity index (χ0) is 18.2.